The van der Waals surface area contributed by atoms with Gasteiger partial charge in [-0.2, -0.15) is 0 Å². The van der Waals surface area contributed by atoms with Gasteiger partial charge in [-0.15, -0.1) is 0 Å². The lowest BCUT2D eigenvalue weighted by Crippen LogP contribution is -2.18. The van der Waals surface area contributed by atoms with E-state index in [0.717, 1.165) is 31.4 Å². The highest BCUT2D eigenvalue weighted by molar-refractivity contribution is 6.42. The summed E-state index contributed by atoms with van der Waals surface area (Å²) in [6.45, 7) is 0.848. The molecule has 2 atom stereocenters. The van der Waals surface area contributed by atoms with E-state index < -0.39 is 0 Å². The van der Waals surface area contributed by atoms with Crippen molar-refractivity contribution in [3.63, 3.8) is 0 Å². The van der Waals surface area contributed by atoms with Crippen LogP contribution in [0.1, 0.15) is 30.9 Å². The number of nitrogens with two attached hydrogens (primary N) is 1. The smallest absolute Gasteiger partial charge is 0.0640 e. The molecule has 1 fully saturated rings. The molecule has 1 aliphatic rings. The zero-order chi connectivity index (χ0) is 11.5. The van der Waals surface area contributed by atoms with Gasteiger partial charge in [0.2, 0.25) is 0 Å². The van der Waals surface area contributed by atoms with Crippen LogP contribution in [0.25, 0.3) is 0 Å². The van der Waals surface area contributed by atoms with Crippen molar-refractivity contribution in [2.75, 3.05) is 6.61 Å². The summed E-state index contributed by atoms with van der Waals surface area (Å²) < 4.78 is 5.56. The van der Waals surface area contributed by atoms with Crippen molar-refractivity contribution < 1.29 is 4.74 Å². The molecule has 88 valence electrons. The molecular formula is C12H15Cl2NO. The summed E-state index contributed by atoms with van der Waals surface area (Å²) in [6.07, 6.45) is 3.29. The fraction of sp³-hybridized carbons (Fsp3) is 0.500. The van der Waals surface area contributed by atoms with E-state index in [1.54, 1.807) is 6.07 Å². The summed E-state index contributed by atoms with van der Waals surface area (Å²) in [5.41, 5.74) is 7.03. The van der Waals surface area contributed by atoms with E-state index in [0.29, 0.717) is 10.0 Å². The van der Waals surface area contributed by atoms with Gasteiger partial charge in [-0.25, -0.2) is 0 Å². The molecule has 16 heavy (non-hydrogen) atoms. The molecule has 0 radical (unpaired) electrons. The van der Waals surface area contributed by atoms with Crippen molar-refractivity contribution in [1.29, 1.82) is 0 Å². The van der Waals surface area contributed by atoms with Crippen LogP contribution in [0.2, 0.25) is 10.0 Å². The topological polar surface area (TPSA) is 35.2 Å². The first-order valence-corrected chi connectivity index (χ1v) is 6.25. The highest BCUT2D eigenvalue weighted by Gasteiger charge is 2.21. The van der Waals surface area contributed by atoms with E-state index in [-0.39, 0.29) is 12.1 Å². The molecular weight excluding hydrogens is 245 g/mol. The van der Waals surface area contributed by atoms with Gasteiger partial charge in [-0.1, -0.05) is 35.3 Å². The first-order chi connectivity index (χ1) is 7.68. The third-order valence-corrected chi connectivity index (χ3v) is 3.76. The molecule has 2 nitrogen and oxygen atoms in total. The van der Waals surface area contributed by atoms with Crippen LogP contribution in [0.4, 0.5) is 0 Å². The molecule has 1 aromatic rings. The molecule has 4 heteroatoms. The molecule has 2 unspecified atom stereocenters. The summed E-state index contributed by atoms with van der Waals surface area (Å²) in [6, 6.07) is 5.47. The van der Waals surface area contributed by atoms with Crippen molar-refractivity contribution in [3.8, 4) is 0 Å². The Morgan fingerprint density at radius 2 is 2.25 bits per heavy atom. The summed E-state index contributed by atoms with van der Waals surface area (Å²) >= 11 is 12.1. The first-order valence-electron chi connectivity index (χ1n) is 5.49. The van der Waals surface area contributed by atoms with E-state index in [9.17, 15) is 0 Å². The maximum Gasteiger partial charge on any atom is 0.0640 e. The molecule has 0 aromatic heterocycles. The standard InChI is InChI=1S/C12H15Cl2NO/c13-10-5-1-4-9(12(10)14)11(15)7-8-3-2-6-16-8/h1,4-5,8,11H,2-3,6-7,15H2. The molecule has 1 heterocycles. The first kappa shape index (κ1) is 12.2. The Hall–Kier alpha value is -0.280. The van der Waals surface area contributed by atoms with Gasteiger partial charge >= 0.3 is 0 Å². The molecule has 0 saturated carbocycles. The zero-order valence-electron chi connectivity index (χ0n) is 8.96. The average molecular weight is 260 g/mol. The maximum absolute atomic E-state index is 6.12. The van der Waals surface area contributed by atoms with Crippen molar-refractivity contribution in [3.05, 3.63) is 33.8 Å². The second-order valence-electron chi connectivity index (χ2n) is 4.12. The predicted molar refractivity (Wildman–Crippen MR) is 67.0 cm³/mol. The van der Waals surface area contributed by atoms with E-state index in [4.69, 9.17) is 33.7 Å². The number of rotatable bonds is 3. The van der Waals surface area contributed by atoms with Gasteiger partial charge in [-0.3, -0.25) is 0 Å². The average Bonchev–Trinajstić information content (AvgIpc) is 2.74. The lowest BCUT2D eigenvalue weighted by molar-refractivity contribution is 0.0983. The molecule has 1 saturated heterocycles. The van der Waals surface area contributed by atoms with Crippen molar-refractivity contribution in [1.82, 2.24) is 0 Å². The summed E-state index contributed by atoms with van der Waals surface area (Å²) in [4.78, 5) is 0. The minimum absolute atomic E-state index is 0.103. The Bertz CT molecular complexity index is 364. The molecule has 2 N–H and O–H groups in total. The highest BCUT2D eigenvalue weighted by atomic mass is 35.5. The molecule has 1 aliphatic heterocycles. The van der Waals surface area contributed by atoms with Crippen LogP contribution in [0.5, 0.6) is 0 Å². The van der Waals surface area contributed by atoms with Crippen LogP contribution in [-0.4, -0.2) is 12.7 Å². The van der Waals surface area contributed by atoms with Crippen LogP contribution < -0.4 is 5.73 Å². The zero-order valence-corrected chi connectivity index (χ0v) is 10.5. The maximum atomic E-state index is 6.12. The SMILES string of the molecule is NC(CC1CCCO1)c1cccc(Cl)c1Cl. The largest absolute Gasteiger partial charge is 0.378 e. The van der Waals surface area contributed by atoms with Gasteiger partial charge in [-0.05, 0) is 30.9 Å². The van der Waals surface area contributed by atoms with Crippen molar-refractivity contribution in [2.24, 2.45) is 5.73 Å². The van der Waals surface area contributed by atoms with E-state index in [1.165, 1.54) is 0 Å². The normalized spacial score (nSPS) is 22.3. The number of benzene rings is 1. The summed E-state index contributed by atoms with van der Waals surface area (Å²) in [7, 11) is 0. The van der Waals surface area contributed by atoms with Crippen LogP contribution in [0.15, 0.2) is 18.2 Å². The van der Waals surface area contributed by atoms with Gasteiger partial charge in [0.15, 0.2) is 0 Å². The molecule has 0 amide bonds. The van der Waals surface area contributed by atoms with Crippen LogP contribution in [0, 0.1) is 0 Å². The van der Waals surface area contributed by atoms with Gasteiger partial charge in [0, 0.05) is 12.6 Å². The highest BCUT2D eigenvalue weighted by Crippen LogP contribution is 2.32. The van der Waals surface area contributed by atoms with Gasteiger partial charge in [0.05, 0.1) is 16.1 Å². The Balaban J connectivity index is 2.07. The van der Waals surface area contributed by atoms with Crippen LogP contribution in [0.3, 0.4) is 0 Å². The van der Waals surface area contributed by atoms with Gasteiger partial charge in [0.1, 0.15) is 0 Å². The van der Waals surface area contributed by atoms with Crippen molar-refractivity contribution in [2.45, 2.75) is 31.4 Å². The number of halogens is 2. The van der Waals surface area contributed by atoms with E-state index >= 15 is 0 Å². The second kappa shape index (κ2) is 5.37. The van der Waals surface area contributed by atoms with Crippen LogP contribution >= 0.6 is 23.2 Å². The molecule has 1 aromatic carbocycles. The minimum Gasteiger partial charge on any atom is -0.378 e. The van der Waals surface area contributed by atoms with Crippen molar-refractivity contribution >= 4 is 23.2 Å². The minimum atomic E-state index is -0.103. The predicted octanol–water partition coefficient (Wildman–Crippen LogP) is 3.56. The molecule has 0 bridgehead atoms. The number of hydrogen-bond acceptors (Lipinski definition) is 2. The Labute approximate surface area is 106 Å². The molecule has 0 aliphatic carbocycles. The Kier molecular flexibility index (Phi) is 4.09. The summed E-state index contributed by atoms with van der Waals surface area (Å²) in [5, 5.41) is 1.12. The number of hydrogen-bond donors (Lipinski definition) is 1. The Morgan fingerprint density at radius 3 is 2.94 bits per heavy atom. The molecule has 0 spiro atoms. The monoisotopic (exact) mass is 259 g/mol. The van der Waals surface area contributed by atoms with Gasteiger partial charge < -0.3 is 10.5 Å². The second-order valence-corrected chi connectivity index (χ2v) is 4.91. The summed E-state index contributed by atoms with van der Waals surface area (Å²) in [5.74, 6) is 0. The number of ether oxygens (including phenoxy) is 1. The molecule has 2 rings (SSSR count). The Morgan fingerprint density at radius 1 is 1.44 bits per heavy atom. The fourth-order valence-electron chi connectivity index (χ4n) is 2.05. The fourth-order valence-corrected chi connectivity index (χ4v) is 2.50. The van der Waals surface area contributed by atoms with E-state index in [2.05, 4.69) is 0 Å². The quantitative estimate of drug-likeness (QED) is 0.901. The van der Waals surface area contributed by atoms with Crippen LogP contribution in [-0.2, 0) is 4.74 Å². The lowest BCUT2D eigenvalue weighted by atomic mass is 10.0. The third-order valence-electron chi connectivity index (χ3n) is 2.92. The van der Waals surface area contributed by atoms with Gasteiger partial charge in [0.25, 0.3) is 0 Å². The third kappa shape index (κ3) is 2.69. The lowest BCUT2D eigenvalue weighted by Gasteiger charge is -2.18. The van der Waals surface area contributed by atoms with E-state index in [1.807, 2.05) is 12.1 Å².